The third-order valence-electron chi connectivity index (χ3n) is 4.20. The first-order chi connectivity index (χ1) is 9.93. The molecule has 1 aromatic rings. The molecular formula is C14H14ClFN2O3. The lowest BCUT2D eigenvalue weighted by molar-refractivity contribution is -0.130. The van der Waals surface area contributed by atoms with Gasteiger partial charge in [-0.2, -0.15) is 0 Å². The van der Waals surface area contributed by atoms with Crippen molar-refractivity contribution in [2.75, 3.05) is 24.5 Å². The number of benzene rings is 1. The van der Waals surface area contributed by atoms with Crippen molar-refractivity contribution in [1.82, 2.24) is 5.32 Å². The molecule has 5 nitrogen and oxygen atoms in total. The third kappa shape index (κ3) is 2.18. The molecule has 2 aliphatic rings. The molecule has 2 heterocycles. The standard InChI is InChI=1S/C14H14ClFN2O3/c15-11-5-9(1-2-10(11)12(19)20)18-7-8-6-17-4-3-14(8,16)13(18)21/h1-2,5,8,17H,3-4,6-7H2,(H,19,20)/t8-,14+/m0/s1. The van der Waals surface area contributed by atoms with E-state index in [1.165, 1.54) is 23.1 Å². The van der Waals surface area contributed by atoms with Crippen LogP contribution in [0.1, 0.15) is 16.8 Å². The maximum atomic E-state index is 14.8. The number of alkyl halides is 1. The molecule has 7 heteroatoms. The molecular weight excluding hydrogens is 299 g/mol. The number of anilines is 1. The molecule has 2 aliphatic heterocycles. The molecule has 21 heavy (non-hydrogen) atoms. The quantitative estimate of drug-likeness (QED) is 0.872. The second-order valence-electron chi connectivity index (χ2n) is 5.40. The van der Waals surface area contributed by atoms with Crippen LogP contribution in [0.2, 0.25) is 5.02 Å². The highest BCUT2D eigenvalue weighted by molar-refractivity contribution is 6.33. The number of nitrogens with one attached hydrogen (secondary N) is 1. The van der Waals surface area contributed by atoms with Crippen LogP contribution in [0.15, 0.2) is 18.2 Å². The van der Waals surface area contributed by atoms with Gasteiger partial charge in [-0.25, -0.2) is 9.18 Å². The van der Waals surface area contributed by atoms with E-state index >= 15 is 0 Å². The van der Waals surface area contributed by atoms with Crippen LogP contribution in [0.4, 0.5) is 10.1 Å². The van der Waals surface area contributed by atoms with E-state index in [4.69, 9.17) is 16.7 Å². The Hall–Kier alpha value is -1.66. The third-order valence-corrected chi connectivity index (χ3v) is 4.51. The van der Waals surface area contributed by atoms with E-state index in [0.29, 0.717) is 18.8 Å². The fourth-order valence-corrected chi connectivity index (χ4v) is 3.25. The molecule has 0 saturated carbocycles. The number of carboxylic acids is 1. The van der Waals surface area contributed by atoms with Crippen LogP contribution >= 0.6 is 11.6 Å². The Morgan fingerprint density at radius 2 is 2.29 bits per heavy atom. The van der Waals surface area contributed by atoms with Gasteiger partial charge in [0.25, 0.3) is 5.91 Å². The first-order valence-electron chi connectivity index (χ1n) is 6.68. The fourth-order valence-electron chi connectivity index (χ4n) is 3.00. The number of carbonyl (C=O) groups excluding carboxylic acids is 1. The minimum absolute atomic E-state index is 0.0358. The maximum absolute atomic E-state index is 14.8. The minimum atomic E-state index is -1.83. The summed E-state index contributed by atoms with van der Waals surface area (Å²) in [5, 5.41) is 12.1. The number of carboxylic acid groups (broad SMARTS) is 1. The molecule has 0 aliphatic carbocycles. The highest BCUT2D eigenvalue weighted by atomic mass is 35.5. The molecule has 0 aromatic heterocycles. The summed E-state index contributed by atoms with van der Waals surface area (Å²) in [6.07, 6.45) is 0.161. The predicted molar refractivity (Wildman–Crippen MR) is 75.6 cm³/mol. The minimum Gasteiger partial charge on any atom is -0.478 e. The van der Waals surface area contributed by atoms with Gasteiger partial charge in [-0.3, -0.25) is 4.79 Å². The lowest BCUT2D eigenvalue weighted by atomic mass is 9.86. The molecule has 3 rings (SSSR count). The van der Waals surface area contributed by atoms with Crippen molar-refractivity contribution in [1.29, 1.82) is 0 Å². The number of hydrogen-bond donors (Lipinski definition) is 2. The summed E-state index contributed by atoms with van der Waals surface area (Å²) in [6.45, 7) is 1.20. The van der Waals surface area contributed by atoms with Crippen LogP contribution in [0.25, 0.3) is 0 Å². The highest BCUT2D eigenvalue weighted by Gasteiger charge is 2.56. The Balaban J connectivity index is 1.93. The SMILES string of the molecule is O=C(O)c1ccc(N2C[C@@H]3CNCC[C@]3(F)C2=O)cc1Cl. The summed E-state index contributed by atoms with van der Waals surface area (Å²) in [5.74, 6) is -2.09. The monoisotopic (exact) mass is 312 g/mol. The number of rotatable bonds is 2. The summed E-state index contributed by atoms with van der Waals surface area (Å²) < 4.78 is 14.8. The molecule has 0 radical (unpaired) electrons. The average Bonchev–Trinajstić information content (AvgIpc) is 2.71. The van der Waals surface area contributed by atoms with Gasteiger partial charge in [0.05, 0.1) is 10.6 Å². The number of fused-ring (bicyclic) bond motifs is 1. The van der Waals surface area contributed by atoms with Gasteiger partial charge >= 0.3 is 5.97 Å². The number of carbonyl (C=O) groups is 2. The molecule has 2 fully saturated rings. The second kappa shape index (κ2) is 4.96. The Morgan fingerprint density at radius 3 is 2.90 bits per heavy atom. The molecule has 1 amide bonds. The molecule has 2 atom stereocenters. The summed E-state index contributed by atoms with van der Waals surface area (Å²) >= 11 is 5.91. The Labute approximate surface area is 125 Å². The lowest BCUT2D eigenvalue weighted by Crippen LogP contribution is -2.49. The van der Waals surface area contributed by atoms with Gasteiger partial charge in [0.15, 0.2) is 5.67 Å². The van der Waals surface area contributed by atoms with Gasteiger partial charge in [0.1, 0.15) is 0 Å². The maximum Gasteiger partial charge on any atom is 0.337 e. The first-order valence-corrected chi connectivity index (χ1v) is 7.06. The van der Waals surface area contributed by atoms with Crippen LogP contribution < -0.4 is 10.2 Å². The van der Waals surface area contributed by atoms with Crippen LogP contribution in [0.3, 0.4) is 0 Å². The first kappa shape index (κ1) is 14.3. The van der Waals surface area contributed by atoms with Gasteiger partial charge in [-0.15, -0.1) is 0 Å². The normalized spacial score (nSPS) is 28.6. The van der Waals surface area contributed by atoms with Gasteiger partial charge in [-0.1, -0.05) is 11.6 Å². The Kier molecular flexibility index (Phi) is 3.37. The molecule has 0 bridgehead atoms. The van der Waals surface area contributed by atoms with Crippen molar-refractivity contribution in [3.63, 3.8) is 0 Å². The zero-order chi connectivity index (χ0) is 15.2. The zero-order valence-electron chi connectivity index (χ0n) is 11.1. The number of piperidine rings is 1. The van der Waals surface area contributed by atoms with Crippen LogP contribution in [-0.4, -0.2) is 42.3 Å². The van der Waals surface area contributed by atoms with Crippen LogP contribution in [-0.2, 0) is 4.79 Å². The van der Waals surface area contributed by atoms with Gasteiger partial charge in [0.2, 0.25) is 0 Å². The van der Waals surface area contributed by atoms with Crippen molar-refractivity contribution in [2.45, 2.75) is 12.1 Å². The molecule has 0 spiro atoms. The van der Waals surface area contributed by atoms with Crippen molar-refractivity contribution in [3.05, 3.63) is 28.8 Å². The van der Waals surface area contributed by atoms with E-state index in [1.54, 1.807) is 0 Å². The largest absolute Gasteiger partial charge is 0.478 e. The van der Waals surface area contributed by atoms with Crippen molar-refractivity contribution in [3.8, 4) is 0 Å². The summed E-state index contributed by atoms with van der Waals surface area (Å²) in [4.78, 5) is 24.7. The van der Waals surface area contributed by atoms with Gasteiger partial charge in [-0.05, 0) is 24.7 Å². The number of amides is 1. The average molecular weight is 313 g/mol. The number of hydrogen-bond acceptors (Lipinski definition) is 3. The Morgan fingerprint density at radius 1 is 1.52 bits per heavy atom. The fraction of sp³-hybridized carbons (Fsp3) is 0.429. The topological polar surface area (TPSA) is 69.6 Å². The van der Waals surface area contributed by atoms with E-state index in [0.717, 1.165) is 0 Å². The van der Waals surface area contributed by atoms with Gasteiger partial charge in [0, 0.05) is 31.1 Å². The molecule has 2 saturated heterocycles. The van der Waals surface area contributed by atoms with Gasteiger partial charge < -0.3 is 15.3 Å². The summed E-state index contributed by atoms with van der Waals surface area (Å²) in [6, 6.07) is 4.22. The summed E-state index contributed by atoms with van der Waals surface area (Å²) in [7, 11) is 0. The van der Waals surface area contributed by atoms with E-state index in [9.17, 15) is 14.0 Å². The lowest BCUT2D eigenvalue weighted by Gasteiger charge is -2.29. The molecule has 0 unspecified atom stereocenters. The van der Waals surface area contributed by atoms with Crippen molar-refractivity contribution < 1.29 is 19.1 Å². The summed E-state index contributed by atoms with van der Waals surface area (Å²) in [5.41, 5.74) is -1.44. The zero-order valence-corrected chi connectivity index (χ0v) is 11.9. The molecule has 1 aromatic carbocycles. The smallest absolute Gasteiger partial charge is 0.337 e. The molecule has 112 valence electrons. The predicted octanol–water partition coefficient (Wildman–Crippen LogP) is 1.70. The number of nitrogens with zero attached hydrogens (tertiary/aromatic N) is 1. The highest BCUT2D eigenvalue weighted by Crippen LogP contribution is 2.40. The van der Waals surface area contributed by atoms with E-state index in [-0.39, 0.29) is 23.6 Å². The Bertz CT molecular complexity index is 624. The van der Waals surface area contributed by atoms with Crippen LogP contribution in [0, 0.1) is 5.92 Å². The number of halogens is 2. The number of aromatic carboxylic acids is 1. The van der Waals surface area contributed by atoms with Crippen LogP contribution in [0.5, 0.6) is 0 Å². The van der Waals surface area contributed by atoms with E-state index in [2.05, 4.69) is 5.32 Å². The second-order valence-corrected chi connectivity index (χ2v) is 5.81. The van der Waals surface area contributed by atoms with E-state index < -0.39 is 23.5 Å². The van der Waals surface area contributed by atoms with Crippen molar-refractivity contribution >= 4 is 29.2 Å². The van der Waals surface area contributed by atoms with Crippen molar-refractivity contribution in [2.24, 2.45) is 5.92 Å². The van der Waals surface area contributed by atoms with E-state index in [1.807, 2.05) is 0 Å². The molecule has 2 N–H and O–H groups in total.